The molecular formula is C30H30O8S. The highest BCUT2D eigenvalue weighted by Crippen LogP contribution is 2.24. The van der Waals surface area contributed by atoms with Gasteiger partial charge in [-0.3, -0.25) is 9.59 Å². The number of unbranched alkanes of at least 4 members (excludes halogenated alkanes) is 2. The van der Waals surface area contributed by atoms with Crippen LogP contribution < -0.4 is 4.74 Å². The Morgan fingerprint density at radius 2 is 1.56 bits per heavy atom. The van der Waals surface area contributed by atoms with E-state index in [1.165, 1.54) is 30.5 Å². The second kappa shape index (κ2) is 13.5. The number of carbonyl (C=O) groups is 3. The summed E-state index contributed by atoms with van der Waals surface area (Å²) >= 11 is 0. The van der Waals surface area contributed by atoms with Crippen molar-refractivity contribution >= 4 is 33.6 Å². The van der Waals surface area contributed by atoms with E-state index in [0.717, 1.165) is 24.8 Å². The third kappa shape index (κ3) is 8.93. The Morgan fingerprint density at radius 3 is 2.23 bits per heavy atom. The number of allylic oxidation sites excluding steroid dienone is 1. The van der Waals surface area contributed by atoms with E-state index in [1.807, 2.05) is 12.2 Å². The maximum Gasteiger partial charge on any atom is 0.335 e. The first kappa shape index (κ1) is 29.3. The van der Waals surface area contributed by atoms with Crippen LogP contribution >= 0.6 is 0 Å². The number of benzene rings is 3. The van der Waals surface area contributed by atoms with E-state index in [9.17, 15) is 27.9 Å². The van der Waals surface area contributed by atoms with Crippen LogP contribution in [-0.2, 0) is 21.1 Å². The number of aryl methyl sites for hydroxylation is 1. The lowest BCUT2D eigenvalue weighted by Crippen LogP contribution is -2.07. The van der Waals surface area contributed by atoms with Crippen LogP contribution in [0.5, 0.6) is 5.75 Å². The molecule has 0 aliphatic heterocycles. The van der Waals surface area contributed by atoms with Crippen LogP contribution in [0.15, 0.2) is 77.7 Å². The first-order valence-corrected chi connectivity index (χ1v) is 14.3. The van der Waals surface area contributed by atoms with Gasteiger partial charge in [-0.05, 0) is 79.3 Å². The molecule has 0 aromatic heterocycles. The largest absolute Gasteiger partial charge is 0.493 e. The van der Waals surface area contributed by atoms with Gasteiger partial charge in [-0.25, -0.2) is 13.2 Å². The van der Waals surface area contributed by atoms with Crippen molar-refractivity contribution in [2.45, 2.75) is 37.0 Å². The molecule has 0 spiro atoms. The van der Waals surface area contributed by atoms with Crippen LogP contribution in [0.3, 0.4) is 0 Å². The van der Waals surface area contributed by atoms with Crippen molar-refractivity contribution in [2.75, 3.05) is 12.9 Å². The summed E-state index contributed by atoms with van der Waals surface area (Å²) in [6.07, 6.45) is 7.56. The molecule has 3 aromatic rings. The van der Waals surface area contributed by atoms with Gasteiger partial charge in [0.1, 0.15) is 5.75 Å². The predicted molar refractivity (Wildman–Crippen MR) is 147 cm³/mol. The summed E-state index contributed by atoms with van der Waals surface area (Å²) in [4.78, 5) is 35.6. The zero-order valence-electron chi connectivity index (χ0n) is 21.5. The summed E-state index contributed by atoms with van der Waals surface area (Å²) in [7, 11) is -3.22. The smallest absolute Gasteiger partial charge is 0.335 e. The van der Waals surface area contributed by atoms with Gasteiger partial charge in [-0.1, -0.05) is 36.4 Å². The molecule has 0 aliphatic carbocycles. The zero-order chi connectivity index (χ0) is 28.4. The normalized spacial score (nSPS) is 11.4. The van der Waals surface area contributed by atoms with Crippen LogP contribution in [0.4, 0.5) is 0 Å². The van der Waals surface area contributed by atoms with Crippen molar-refractivity contribution in [2.24, 2.45) is 0 Å². The molecule has 0 fully saturated rings. The lowest BCUT2D eigenvalue weighted by atomic mass is 9.98. The number of rotatable bonds is 14. The van der Waals surface area contributed by atoms with Crippen molar-refractivity contribution in [3.8, 4) is 5.75 Å². The molecule has 0 radical (unpaired) electrons. The number of ketones is 1. The van der Waals surface area contributed by atoms with Crippen LogP contribution in [0.25, 0.3) is 6.08 Å². The van der Waals surface area contributed by atoms with Gasteiger partial charge in [-0.2, -0.15) is 0 Å². The second-order valence-corrected chi connectivity index (χ2v) is 11.0. The molecule has 0 heterocycles. The standard InChI is InChI=1S/C30H30O8S/c1-39(36,37)26-14-10-21(11-15-26)7-4-2-3-5-18-38-27-16-12-24(19-22(27)13-17-28(31)32)29(33)23-8-6-9-25(20-23)30(34)35/h4,6-12,14-16,19-20H,2-3,5,13,17-18H2,1H3,(H,31,32)(H,34,35). The fourth-order valence-corrected chi connectivity index (χ4v) is 4.48. The number of carboxylic acid groups (broad SMARTS) is 2. The summed E-state index contributed by atoms with van der Waals surface area (Å²) in [5.41, 5.74) is 2.06. The number of hydrogen-bond donors (Lipinski definition) is 2. The highest BCUT2D eigenvalue weighted by Gasteiger charge is 2.15. The van der Waals surface area contributed by atoms with Gasteiger partial charge >= 0.3 is 11.9 Å². The molecule has 9 heteroatoms. The van der Waals surface area contributed by atoms with Gasteiger partial charge in [0.25, 0.3) is 0 Å². The van der Waals surface area contributed by atoms with Crippen LogP contribution in [0.1, 0.15) is 63.1 Å². The molecule has 0 saturated heterocycles. The lowest BCUT2D eigenvalue weighted by Gasteiger charge is -2.13. The lowest BCUT2D eigenvalue weighted by molar-refractivity contribution is -0.136. The van der Waals surface area contributed by atoms with Crippen molar-refractivity contribution < 1.29 is 37.8 Å². The summed E-state index contributed by atoms with van der Waals surface area (Å²) in [5.74, 6) is -1.95. The molecule has 0 amide bonds. The summed E-state index contributed by atoms with van der Waals surface area (Å²) < 4.78 is 29.0. The highest BCUT2D eigenvalue weighted by molar-refractivity contribution is 7.90. The minimum absolute atomic E-state index is 0.00611. The molecule has 0 unspecified atom stereocenters. The van der Waals surface area contributed by atoms with Gasteiger partial charge in [0.05, 0.1) is 17.1 Å². The quantitative estimate of drug-likeness (QED) is 0.204. The molecule has 204 valence electrons. The Morgan fingerprint density at radius 1 is 0.872 bits per heavy atom. The topological polar surface area (TPSA) is 135 Å². The average Bonchev–Trinajstić information content (AvgIpc) is 2.91. The number of aromatic carboxylic acids is 1. The zero-order valence-corrected chi connectivity index (χ0v) is 22.3. The van der Waals surface area contributed by atoms with Crippen molar-refractivity contribution in [1.82, 2.24) is 0 Å². The molecule has 2 N–H and O–H groups in total. The first-order valence-electron chi connectivity index (χ1n) is 12.4. The van der Waals surface area contributed by atoms with E-state index in [4.69, 9.17) is 9.84 Å². The third-order valence-corrected chi connectivity index (χ3v) is 7.07. The molecule has 3 rings (SSSR count). The molecule has 3 aromatic carbocycles. The number of aliphatic carboxylic acids is 1. The van der Waals surface area contributed by atoms with Gasteiger partial charge in [0.2, 0.25) is 0 Å². The van der Waals surface area contributed by atoms with Crippen molar-refractivity contribution in [3.63, 3.8) is 0 Å². The molecule has 8 nitrogen and oxygen atoms in total. The number of carbonyl (C=O) groups excluding carboxylic acids is 1. The van der Waals surface area contributed by atoms with E-state index in [0.29, 0.717) is 23.5 Å². The Kier molecular flexibility index (Phi) is 10.2. The molecule has 0 atom stereocenters. The van der Waals surface area contributed by atoms with Gasteiger partial charge in [0, 0.05) is 23.8 Å². The average molecular weight is 551 g/mol. The maximum absolute atomic E-state index is 13.0. The van der Waals surface area contributed by atoms with E-state index in [2.05, 4.69) is 0 Å². The van der Waals surface area contributed by atoms with E-state index in [-0.39, 0.29) is 34.6 Å². The van der Waals surface area contributed by atoms with E-state index >= 15 is 0 Å². The second-order valence-electron chi connectivity index (χ2n) is 9.02. The molecule has 39 heavy (non-hydrogen) atoms. The summed E-state index contributed by atoms with van der Waals surface area (Å²) in [6.45, 7) is 0.408. The van der Waals surface area contributed by atoms with Crippen molar-refractivity contribution in [1.29, 1.82) is 0 Å². The minimum Gasteiger partial charge on any atom is -0.493 e. The van der Waals surface area contributed by atoms with Gasteiger partial charge in [-0.15, -0.1) is 0 Å². The Bertz CT molecular complexity index is 1470. The Balaban J connectivity index is 1.58. The van der Waals surface area contributed by atoms with Gasteiger partial charge in [0.15, 0.2) is 15.6 Å². The van der Waals surface area contributed by atoms with E-state index < -0.39 is 21.8 Å². The van der Waals surface area contributed by atoms with Crippen LogP contribution in [-0.4, -0.2) is 49.2 Å². The molecular weight excluding hydrogens is 520 g/mol. The summed E-state index contributed by atoms with van der Waals surface area (Å²) in [5, 5.41) is 18.3. The summed E-state index contributed by atoms with van der Waals surface area (Å²) in [6, 6.07) is 17.3. The molecule has 0 bridgehead atoms. The minimum atomic E-state index is -3.22. The number of hydrogen-bond acceptors (Lipinski definition) is 6. The van der Waals surface area contributed by atoms with Crippen molar-refractivity contribution in [3.05, 3.63) is 101 Å². The van der Waals surface area contributed by atoms with Crippen LogP contribution in [0, 0.1) is 0 Å². The Labute approximate surface area is 227 Å². The fourth-order valence-electron chi connectivity index (χ4n) is 3.85. The van der Waals surface area contributed by atoms with Gasteiger partial charge < -0.3 is 14.9 Å². The monoisotopic (exact) mass is 550 g/mol. The fraction of sp³-hybridized carbons (Fsp3) is 0.233. The first-order chi connectivity index (χ1) is 18.5. The van der Waals surface area contributed by atoms with E-state index in [1.54, 1.807) is 42.5 Å². The number of sulfone groups is 1. The predicted octanol–water partition coefficient (Wildman–Crippen LogP) is 5.30. The Hall–Kier alpha value is -4.24. The molecule has 0 aliphatic rings. The SMILES string of the molecule is CS(=O)(=O)c1ccc(C=CCCCCOc2ccc(C(=O)c3cccc(C(=O)O)c3)cc2CCC(=O)O)cc1. The van der Waals surface area contributed by atoms with Crippen LogP contribution in [0.2, 0.25) is 0 Å². The number of carboxylic acids is 2. The maximum atomic E-state index is 13.0. The number of ether oxygens (including phenoxy) is 1. The third-order valence-electron chi connectivity index (χ3n) is 5.94. The highest BCUT2D eigenvalue weighted by atomic mass is 32.2. The molecule has 0 saturated carbocycles.